The number of benzene rings is 1. The van der Waals surface area contributed by atoms with Gasteiger partial charge in [0.15, 0.2) is 0 Å². The van der Waals surface area contributed by atoms with E-state index in [2.05, 4.69) is 6.07 Å². The van der Waals surface area contributed by atoms with Crippen molar-refractivity contribution in [3.8, 4) is 6.07 Å². The van der Waals surface area contributed by atoms with Crippen LogP contribution in [0, 0.1) is 16.7 Å². The summed E-state index contributed by atoms with van der Waals surface area (Å²) in [6, 6.07) is 9.80. The molecule has 0 saturated carbocycles. The summed E-state index contributed by atoms with van der Waals surface area (Å²) in [4.78, 5) is 0.809. The Morgan fingerprint density at radius 1 is 1.33 bits per heavy atom. The molecule has 0 heterocycles. The maximum absolute atomic E-state index is 12.0. The Bertz CT molecular complexity index is 446. The average molecular weight is 265 g/mol. The molecule has 0 unspecified atom stereocenters. The Labute approximate surface area is 111 Å². The van der Waals surface area contributed by atoms with E-state index in [-0.39, 0.29) is 0 Å². The summed E-state index contributed by atoms with van der Waals surface area (Å²) in [5, 5.41) is 8.91. The molecule has 0 aliphatic rings. The summed E-state index contributed by atoms with van der Waals surface area (Å²) >= 11 is 0. The van der Waals surface area contributed by atoms with Gasteiger partial charge in [-0.1, -0.05) is 12.1 Å². The van der Waals surface area contributed by atoms with E-state index < -0.39 is 16.2 Å². The first-order valence-corrected chi connectivity index (χ1v) is 7.18. The molecule has 1 atom stereocenters. The SMILES string of the molecule is COCc1ccc([S@@](=O)CCC(C)(C)C#N)cc1. The lowest BCUT2D eigenvalue weighted by Crippen LogP contribution is -2.12. The predicted octanol–water partition coefficient (Wildman–Crippen LogP) is 2.88. The molecule has 4 heteroatoms. The molecular formula is C14H19NO2S. The number of nitrogens with zero attached hydrogens (tertiary/aromatic N) is 1. The molecule has 98 valence electrons. The summed E-state index contributed by atoms with van der Waals surface area (Å²) in [6.07, 6.45) is 0.635. The fraction of sp³-hybridized carbons (Fsp3) is 0.500. The van der Waals surface area contributed by atoms with Crippen LogP contribution in [-0.4, -0.2) is 17.1 Å². The second kappa shape index (κ2) is 6.67. The maximum atomic E-state index is 12.0. The van der Waals surface area contributed by atoms with Crippen molar-refractivity contribution >= 4 is 10.8 Å². The largest absolute Gasteiger partial charge is 0.380 e. The standard InChI is InChI=1S/C14H19NO2S/c1-14(2,11-15)8-9-18(16)13-6-4-12(5-7-13)10-17-3/h4-7H,8-10H2,1-3H3/t18-/m0/s1. The minimum atomic E-state index is -1.04. The van der Waals surface area contributed by atoms with Crippen molar-refractivity contribution in [1.82, 2.24) is 0 Å². The monoisotopic (exact) mass is 265 g/mol. The molecule has 0 saturated heterocycles. The van der Waals surface area contributed by atoms with Gasteiger partial charge >= 0.3 is 0 Å². The number of hydrogen-bond acceptors (Lipinski definition) is 3. The van der Waals surface area contributed by atoms with Gasteiger partial charge in [-0.25, -0.2) is 0 Å². The van der Waals surface area contributed by atoms with Gasteiger partial charge in [0.2, 0.25) is 0 Å². The minimum Gasteiger partial charge on any atom is -0.380 e. The van der Waals surface area contributed by atoms with Crippen LogP contribution >= 0.6 is 0 Å². The highest BCUT2D eigenvalue weighted by atomic mass is 32.2. The van der Waals surface area contributed by atoms with Crippen molar-refractivity contribution in [3.63, 3.8) is 0 Å². The Balaban J connectivity index is 2.60. The highest BCUT2D eigenvalue weighted by molar-refractivity contribution is 7.85. The van der Waals surface area contributed by atoms with Crippen LogP contribution in [0.2, 0.25) is 0 Å². The Hall–Kier alpha value is -1.18. The highest BCUT2D eigenvalue weighted by Gasteiger charge is 2.18. The third-order valence-corrected chi connectivity index (χ3v) is 4.09. The van der Waals surface area contributed by atoms with E-state index in [1.165, 1.54) is 0 Å². The van der Waals surface area contributed by atoms with Crippen molar-refractivity contribution in [2.45, 2.75) is 31.8 Å². The normalized spacial score (nSPS) is 13.0. The Morgan fingerprint density at radius 2 is 1.94 bits per heavy atom. The Kier molecular flexibility index (Phi) is 5.52. The molecule has 0 spiro atoms. The fourth-order valence-electron chi connectivity index (χ4n) is 1.43. The summed E-state index contributed by atoms with van der Waals surface area (Å²) in [5.41, 5.74) is 0.654. The molecule has 18 heavy (non-hydrogen) atoms. The van der Waals surface area contributed by atoms with Crippen LogP contribution in [-0.2, 0) is 22.1 Å². The van der Waals surface area contributed by atoms with E-state index in [0.717, 1.165) is 10.5 Å². The van der Waals surface area contributed by atoms with Gasteiger partial charge in [-0.05, 0) is 38.0 Å². The van der Waals surface area contributed by atoms with Crippen LogP contribution in [0.1, 0.15) is 25.8 Å². The predicted molar refractivity (Wildman–Crippen MR) is 72.4 cm³/mol. The van der Waals surface area contributed by atoms with Crippen molar-refractivity contribution in [3.05, 3.63) is 29.8 Å². The number of methoxy groups -OCH3 is 1. The summed E-state index contributed by atoms with van der Waals surface area (Å²) in [7, 11) is 0.613. The van der Waals surface area contributed by atoms with Gasteiger partial charge in [-0.15, -0.1) is 0 Å². The van der Waals surface area contributed by atoms with Crippen molar-refractivity contribution in [1.29, 1.82) is 5.26 Å². The molecule has 0 aliphatic heterocycles. The lowest BCUT2D eigenvalue weighted by atomic mass is 9.93. The van der Waals surface area contributed by atoms with Gasteiger partial charge in [-0.2, -0.15) is 5.26 Å². The number of nitriles is 1. The van der Waals surface area contributed by atoms with Crippen LogP contribution in [0.25, 0.3) is 0 Å². The van der Waals surface area contributed by atoms with Crippen LogP contribution < -0.4 is 0 Å². The zero-order chi connectivity index (χ0) is 13.6. The number of rotatable bonds is 6. The van der Waals surface area contributed by atoms with E-state index in [1.54, 1.807) is 7.11 Å². The van der Waals surface area contributed by atoms with Gasteiger partial charge in [0.1, 0.15) is 0 Å². The lowest BCUT2D eigenvalue weighted by molar-refractivity contribution is 0.185. The third-order valence-electron chi connectivity index (χ3n) is 2.71. The Morgan fingerprint density at radius 3 is 2.44 bits per heavy atom. The molecule has 1 aromatic rings. The summed E-state index contributed by atoms with van der Waals surface area (Å²) in [5.74, 6) is 0.518. The third kappa shape index (κ3) is 4.59. The summed E-state index contributed by atoms with van der Waals surface area (Å²) in [6.45, 7) is 4.30. The van der Waals surface area contributed by atoms with Crippen molar-refractivity contribution < 1.29 is 8.95 Å². The van der Waals surface area contributed by atoms with Crippen LogP contribution in [0.3, 0.4) is 0 Å². The van der Waals surface area contributed by atoms with E-state index in [4.69, 9.17) is 10.00 Å². The van der Waals surface area contributed by atoms with Gasteiger partial charge in [-0.3, -0.25) is 4.21 Å². The van der Waals surface area contributed by atoms with Gasteiger partial charge in [0.05, 0.1) is 28.9 Å². The van der Waals surface area contributed by atoms with Crippen molar-refractivity contribution in [2.24, 2.45) is 5.41 Å². The molecule has 3 nitrogen and oxygen atoms in total. The molecular weight excluding hydrogens is 246 g/mol. The topological polar surface area (TPSA) is 50.1 Å². The number of ether oxygens (including phenoxy) is 1. The van der Waals surface area contributed by atoms with Gasteiger partial charge in [0, 0.05) is 17.8 Å². The molecule has 0 aliphatic carbocycles. The minimum absolute atomic E-state index is 0.411. The van der Waals surface area contributed by atoms with E-state index in [1.807, 2.05) is 38.1 Å². The molecule has 0 radical (unpaired) electrons. The van der Waals surface area contributed by atoms with E-state index in [9.17, 15) is 4.21 Å². The average Bonchev–Trinajstić information content (AvgIpc) is 2.37. The molecule has 0 aromatic heterocycles. The second-order valence-electron chi connectivity index (χ2n) is 4.87. The van der Waals surface area contributed by atoms with E-state index in [0.29, 0.717) is 18.8 Å². The highest BCUT2D eigenvalue weighted by Crippen LogP contribution is 2.20. The molecule has 1 aromatic carbocycles. The van der Waals surface area contributed by atoms with Crippen molar-refractivity contribution in [2.75, 3.05) is 12.9 Å². The first kappa shape index (κ1) is 14.9. The fourth-order valence-corrected chi connectivity index (χ4v) is 2.80. The van der Waals surface area contributed by atoms with E-state index >= 15 is 0 Å². The van der Waals surface area contributed by atoms with Crippen LogP contribution in [0.4, 0.5) is 0 Å². The first-order valence-electron chi connectivity index (χ1n) is 5.86. The molecule has 0 bridgehead atoms. The summed E-state index contributed by atoms with van der Waals surface area (Å²) < 4.78 is 17.1. The zero-order valence-electron chi connectivity index (χ0n) is 11.1. The molecule has 0 amide bonds. The second-order valence-corrected chi connectivity index (χ2v) is 6.44. The number of hydrogen-bond donors (Lipinski definition) is 0. The lowest BCUT2D eigenvalue weighted by Gasteiger charge is -2.14. The molecule has 1 rings (SSSR count). The van der Waals surface area contributed by atoms with Gasteiger partial charge in [0.25, 0.3) is 0 Å². The van der Waals surface area contributed by atoms with Gasteiger partial charge < -0.3 is 4.74 Å². The molecule has 0 fully saturated rings. The quantitative estimate of drug-likeness (QED) is 0.794. The maximum Gasteiger partial charge on any atom is 0.0713 e. The van der Waals surface area contributed by atoms with Crippen LogP contribution in [0.15, 0.2) is 29.2 Å². The molecule has 0 N–H and O–H groups in total. The zero-order valence-corrected chi connectivity index (χ0v) is 11.9. The van der Waals surface area contributed by atoms with Crippen LogP contribution in [0.5, 0.6) is 0 Å². The smallest absolute Gasteiger partial charge is 0.0713 e. The first-order chi connectivity index (χ1) is 8.48.